The largest absolute Gasteiger partial charge is 0.459 e. The summed E-state index contributed by atoms with van der Waals surface area (Å²) in [7, 11) is 0. The Morgan fingerprint density at radius 1 is 1.03 bits per heavy atom. The number of hydrogen-bond donors (Lipinski definition) is 3. The number of fused-ring (bicyclic) bond motifs is 1. The van der Waals surface area contributed by atoms with Gasteiger partial charge in [-0.25, -0.2) is 4.39 Å². The lowest BCUT2D eigenvalue weighted by molar-refractivity contribution is -0.0646. The van der Waals surface area contributed by atoms with Crippen molar-refractivity contribution in [2.75, 3.05) is 26.3 Å². The fraction of sp³-hybridized carbons (Fsp3) is 0.367. The van der Waals surface area contributed by atoms with Crippen LogP contribution in [0.15, 0.2) is 54.6 Å². The van der Waals surface area contributed by atoms with Gasteiger partial charge in [0.05, 0.1) is 30.4 Å². The van der Waals surface area contributed by atoms with Crippen LogP contribution >= 0.6 is 0 Å². The van der Waals surface area contributed by atoms with Crippen LogP contribution in [-0.4, -0.2) is 53.6 Å². The second-order valence-corrected chi connectivity index (χ2v) is 10.2. The van der Waals surface area contributed by atoms with Crippen molar-refractivity contribution in [3.05, 3.63) is 71.5 Å². The number of rotatable bonds is 5. The SMILES string of the molecule is Cc1c(-c2ccc(-c3ccc(C4CCCNC4)cc3)cc2)c(F)cc2[nH]c(O[C@H]3COC[C@@H](O)C3)nc12. The maximum Gasteiger partial charge on any atom is 0.294 e. The Kier molecular flexibility index (Phi) is 6.67. The molecule has 0 radical (unpaired) electrons. The molecule has 1 aromatic heterocycles. The third-order valence-corrected chi connectivity index (χ3v) is 7.56. The number of aryl methyl sites for hydroxylation is 1. The molecule has 0 bridgehead atoms. The molecule has 192 valence electrons. The van der Waals surface area contributed by atoms with Crippen LogP contribution in [0.2, 0.25) is 0 Å². The van der Waals surface area contributed by atoms with E-state index in [4.69, 9.17) is 9.47 Å². The number of nitrogens with one attached hydrogen (secondary N) is 2. The van der Waals surface area contributed by atoms with Gasteiger partial charge in [0.25, 0.3) is 6.01 Å². The Morgan fingerprint density at radius 2 is 1.76 bits per heavy atom. The van der Waals surface area contributed by atoms with Crippen LogP contribution in [0.5, 0.6) is 6.01 Å². The number of H-pyrrole nitrogens is 1. The van der Waals surface area contributed by atoms with Crippen LogP contribution in [0, 0.1) is 12.7 Å². The first-order valence-corrected chi connectivity index (χ1v) is 13.1. The van der Waals surface area contributed by atoms with Gasteiger partial charge in [-0.05, 0) is 60.0 Å². The van der Waals surface area contributed by atoms with Gasteiger partial charge < -0.3 is 24.9 Å². The predicted octanol–water partition coefficient (Wildman–Crippen LogP) is 5.34. The highest BCUT2D eigenvalue weighted by Gasteiger charge is 2.24. The molecule has 3 atom stereocenters. The van der Waals surface area contributed by atoms with E-state index in [1.165, 1.54) is 24.5 Å². The molecule has 2 aliphatic rings. The molecule has 2 fully saturated rings. The highest BCUT2D eigenvalue weighted by atomic mass is 19.1. The van der Waals surface area contributed by atoms with E-state index in [1.807, 2.05) is 31.2 Å². The minimum atomic E-state index is -0.552. The summed E-state index contributed by atoms with van der Waals surface area (Å²) in [5.41, 5.74) is 6.97. The van der Waals surface area contributed by atoms with Gasteiger partial charge in [-0.3, -0.25) is 0 Å². The van der Waals surface area contributed by atoms with Crippen molar-refractivity contribution < 1.29 is 19.0 Å². The monoisotopic (exact) mass is 501 g/mol. The smallest absolute Gasteiger partial charge is 0.294 e. The van der Waals surface area contributed by atoms with Crippen LogP contribution in [0.4, 0.5) is 4.39 Å². The first-order chi connectivity index (χ1) is 18.0. The third-order valence-electron chi connectivity index (χ3n) is 7.56. The fourth-order valence-corrected chi connectivity index (χ4v) is 5.59. The summed E-state index contributed by atoms with van der Waals surface area (Å²) in [6, 6.07) is 18.6. The zero-order chi connectivity index (χ0) is 25.4. The number of aromatic amines is 1. The molecule has 2 aliphatic heterocycles. The maximum absolute atomic E-state index is 15.3. The summed E-state index contributed by atoms with van der Waals surface area (Å²) in [5, 5.41) is 13.3. The molecule has 6 rings (SSSR count). The quantitative estimate of drug-likeness (QED) is 0.344. The Hall–Kier alpha value is -3.26. The van der Waals surface area contributed by atoms with E-state index in [9.17, 15) is 5.11 Å². The number of piperidine rings is 1. The Bertz CT molecular complexity index is 1380. The van der Waals surface area contributed by atoms with Gasteiger partial charge in [0, 0.05) is 24.6 Å². The summed E-state index contributed by atoms with van der Waals surface area (Å²) in [6.45, 7) is 4.75. The number of aliphatic hydroxyl groups is 1. The van der Waals surface area contributed by atoms with E-state index in [2.05, 4.69) is 39.6 Å². The molecule has 6 nitrogen and oxygen atoms in total. The van der Waals surface area contributed by atoms with Crippen molar-refractivity contribution in [2.24, 2.45) is 0 Å². The molecule has 0 amide bonds. The van der Waals surface area contributed by atoms with E-state index in [0.29, 0.717) is 48.2 Å². The maximum atomic E-state index is 15.3. The van der Waals surface area contributed by atoms with Gasteiger partial charge in [-0.1, -0.05) is 48.5 Å². The predicted molar refractivity (Wildman–Crippen MR) is 142 cm³/mol. The van der Waals surface area contributed by atoms with Gasteiger partial charge in [0.1, 0.15) is 11.9 Å². The Morgan fingerprint density at radius 3 is 2.46 bits per heavy atom. The molecule has 2 saturated heterocycles. The van der Waals surface area contributed by atoms with E-state index in [-0.39, 0.29) is 11.9 Å². The second kappa shape index (κ2) is 10.2. The van der Waals surface area contributed by atoms with Gasteiger partial charge in [-0.2, -0.15) is 4.98 Å². The lowest BCUT2D eigenvalue weighted by Crippen LogP contribution is -2.36. The van der Waals surface area contributed by atoms with Gasteiger partial charge in [0.2, 0.25) is 0 Å². The molecule has 0 spiro atoms. The topological polar surface area (TPSA) is 79.4 Å². The number of imidazole rings is 1. The minimum absolute atomic E-state index is 0.296. The zero-order valence-electron chi connectivity index (χ0n) is 21.0. The highest BCUT2D eigenvalue weighted by Crippen LogP contribution is 2.34. The minimum Gasteiger partial charge on any atom is -0.459 e. The van der Waals surface area contributed by atoms with Crippen LogP contribution in [0.25, 0.3) is 33.3 Å². The first kappa shape index (κ1) is 24.1. The molecule has 0 aliphatic carbocycles. The van der Waals surface area contributed by atoms with Crippen LogP contribution < -0.4 is 10.1 Å². The van der Waals surface area contributed by atoms with E-state index in [1.54, 1.807) is 0 Å². The number of halogens is 1. The molecule has 3 N–H and O–H groups in total. The lowest BCUT2D eigenvalue weighted by Gasteiger charge is -2.25. The normalized spacial score (nSPS) is 22.3. The molecule has 3 heterocycles. The molecule has 4 aromatic rings. The van der Waals surface area contributed by atoms with Gasteiger partial charge >= 0.3 is 0 Å². The molecule has 1 unspecified atom stereocenters. The first-order valence-electron chi connectivity index (χ1n) is 13.1. The van der Waals surface area contributed by atoms with E-state index >= 15 is 4.39 Å². The van der Waals surface area contributed by atoms with Crippen LogP contribution in [-0.2, 0) is 4.74 Å². The Labute approximate surface area is 215 Å². The summed E-state index contributed by atoms with van der Waals surface area (Å²) < 4.78 is 26.5. The van der Waals surface area contributed by atoms with E-state index in [0.717, 1.165) is 35.3 Å². The number of hydrogen-bond acceptors (Lipinski definition) is 5. The van der Waals surface area contributed by atoms with Crippen molar-refractivity contribution >= 4 is 11.0 Å². The second-order valence-electron chi connectivity index (χ2n) is 10.2. The molecular formula is C30H32FN3O3. The Balaban J connectivity index is 1.23. The summed E-state index contributed by atoms with van der Waals surface area (Å²) in [4.78, 5) is 7.65. The number of ether oxygens (including phenoxy) is 2. The molecule has 0 saturated carbocycles. The third kappa shape index (κ3) is 4.99. The number of aliphatic hydroxyl groups excluding tert-OH is 1. The van der Waals surface area contributed by atoms with Crippen molar-refractivity contribution in [3.63, 3.8) is 0 Å². The van der Waals surface area contributed by atoms with Gasteiger partial charge in [-0.15, -0.1) is 0 Å². The number of nitrogens with zero attached hydrogens (tertiary/aromatic N) is 1. The highest BCUT2D eigenvalue weighted by molar-refractivity contribution is 5.88. The molecule has 37 heavy (non-hydrogen) atoms. The van der Waals surface area contributed by atoms with Crippen molar-refractivity contribution in [2.45, 2.75) is 44.3 Å². The van der Waals surface area contributed by atoms with Crippen molar-refractivity contribution in [3.8, 4) is 28.3 Å². The number of benzene rings is 3. The average molecular weight is 502 g/mol. The van der Waals surface area contributed by atoms with E-state index < -0.39 is 6.10 Å². The molecular weight excluding hydrogens is 469 g/mol. The van der Waals surface area contributed by atoms with Crippen LogP contribution in [0.1, 0.15) is 36.3 Å². The van der Waals surface area contributed by atoms with Gasteiger partial charge in [0.15, 0.2) is 0 Å². The lowest BCUT2D eigenvalue weighted by atomic mass is 9.90. The number of aromatic nitrogens is 2. The van der Waals surface area contributed by atoms with Crippen molar-refractivity contribution in [1.29, 1.82) is 0 Å². The fourth-order valence-electron chi connectivity index (χ4n) is 5.59. The standard InChI is InChI=1S/C30H32FN3O3/c1-18-28(26(31)14-27-29(18)34-30(33-27)37-25-13-24(35)16-36-17-25)22-10-8-20(9-11-22)19-4-6-21(7-5-19)23-3-2-12-32-15-23/h4-11,14,23-25,32,35H,2-3,12-13,15-17H2,1H3,(H,33,34)/t23?,24-,25+/m0/s1. The average Bonchev–Trinajstić information content (AvgIpc) is 3.32. The summed E-state index contributed by atoms with van der Waals surface area (Å²) in [5.74, 6) is 0.274. The summed E-state index contributed by atoms with van der Waals surface area (Å²) in [6.07, 6.45) is 2.08. The van der Waals surface area contributed by atoms with Crippen LogP contribution in [0.3, 0.4) is 0 Å². The van der Waals surface area contributed by atoms with Crippen molar-refractivity contribution in [1.82, 2.24) is 15.3 Å². The molecule has 3 aromatic carbocycles. The zero-order valence-corrected chi connectivity index (χ0v) is 21.0. The molecule has 7 heteroatoms. The summed E-state index contributed by atoms with van der Waals surface area (Å²) >= 11 is 0.